The Labute approximate surface area is 79.9 Å². The lowest BCUT2D eigenvalue weighted by Crippen LogP contribution is -2.48. The number of hydrogen-bond acceptors (Lipinski definition) is 3. The van der Waals surface area contributed by atoms with Gasteiger partial charge in [-0.2, -0.15) is 0 Å². The third kappa shape index (κ3) is 2.66. The molecule has 0 aromatic carbocycles. The van der Waals surface area contributed by atoms with Crippen LogP contribution < -0.4 is 10.6 Å². The molecule has 1 heterocycles. The van der Waals surface area contributed by atoms with Crippen molar-refractivity contribution in [3.63, 3.8) is 0 Å². The average molecular weight is 184 g/mol. The van der Waals surface area contributed by atoms with E-state index < -0.39 is 0 Å². The van der Waals surface area contributed by atoms with Crippen LogP contribution in [0.1, 0.15) is 32.1 Å². The van der Waals surface area contributed by atoms with E-state index >= 15 is 0 Å². The molecule has 1 saturated carbocycles. The lowest BCUT2D eigenvalue weighted by atomic mass is 9.88. The molecule has 76 valence electrons. The zero-order chi connectivity index (χ0) is 9.10. The van der Waals surface area contributed by atoms with E-state index in [4.69, 9.17) is 5.11 Å². The van der Waals surface area contributed by atoms with Gasteiger partial charge in [-0.1, -0.05) is 0 Å². The molecule has 13 heavy (non-hydrogen) atoms. The molecule has 3 nitrogen and oxygen atoms in total. The number of aliphatic hydroxyl groups excluding tert-OH is 1. The highest BCUT2D eigenvalue weighted by atomic mass is 16.3. The van der Waals surface area contributed by atoms with Gasteiger partial charge in [0.15, 0.2) is 0 Å². The minimum Gasteiger partial charge on any atom is -0.393 e. The van der Waals surface area contributed by atoms with E-state index in [1.165, 1.54) is 25.8 Å². The van der Waals surface area contributed by atoms with Crippen molar-refractivity contribution in [2.24, 2.45) is 0 Å². The monoisotopic (exact) mass is 184 g/mol. The van der Waals surface area contributed by atoms with Crippen molar-refractivity contribution in [1.82, 2.24) is 10.6 Å². The predicted molar refractivity (Wildman–Crippen MR) is 52.7 cm³/mol. The predicted octanol–water partition coefficient (Wildman–Crippen LogP) is 0.241. The fourth-order valence-electron chi connectivity index (χ4n) is 2.24. The van der Waals surface area contributed by atoms with Crippen LogP contribution in [0.15, 0.2) is 0 Å². The highest BCUT2D eigenvalue weighted by Crippen LogP contribution is 2.21. The maximum Gasteiger partial charge on any atom is 0.0570 e. The van der Waals surface area contributed by atoms with Crippen LogP contribution in [-0.2, 0) is 0 Å². The molecule has 1 atom stereocenters. The van der Waals surface area contributed by atoms with Crippen LogP contribution in [0, 0.1) is 0 Å². The first-order valence-electron chi connectivity index (χ1n) is 5.49. The van der Waals surface area contributed by atoms with Crippen molar-refractivity contribution < 1.29 is 5.11 Å². The lowest BCUT2D eigenvalue weighted by molar-refractivity contribution is 0.0570. The Hall–Kier alpha value is -0.120. The normalized spacial score (nSPS) is 40.8. The third-order valence-electron chi connectivity index (χ3n) is 3.16. The van der Waals surface area contributed by atoms with Gasteiger partial charge in [0.25, 0.3) is 0 Å². The quantitative estimate of drug-likeness (QED) is 0.576. The van der Waals surface area contributed by atoms with Gasteiger partial charge in [0, 0.05) is 12.1 Å². The Morgan fingerprint density at radius 2 is 1.92 bits per heavy atom. The van der Waals surface area contributed by atoms with Gasteiger partial charge in [0.1, 0.15) is 0 Å². The molecule has 1 saturated heterocycles. The summed E-state index contributed by atoms with van der Waals surface area (Å²) in [4.78, 5) is 0. The standard InChI is InChI=1S/C10H20N2O/c13-10-6-9(7-10)12-8-2-1-4-11-5-3-8/h8-13H,1-7H2. The van der Waals surface area contributed by atoms with E-state index in [1.54, 1.807) is 0 Å². The molecule has 2 fully saturated rings. The number of hydrogen-bond donors (Lipinski definition) is 3. The number of nitrogens with one attached hydrogen (secondary N) is 2. The fourth-order valence-corrected chi connectivity index (χ4v) is 2.24. The van der Waals surface area contributed by atoms with E-state index in [0.717, 1.165) is 19.4 Å². The topological polar surface area (TPSA) is 44.3 Å². The van der Waals surface area contributed by atoms with Crippen molar-refractivity contribution in [3.05, 3.63) is 0 Å². The lowest BCUT2D eigenvalue weighted by Gasteiger charge is -2.35. The Morgan fingerprint density at radius 3 is 2.69 bits per heavy atom. The van der Waals surface area contributed by atoms with Crippen LogP contribution in [-0.4, -0.2) is 36.4 Å². The molecule has 1 aliphatic carbocycles. The Kier molecular flexibility index (Phi) is 3.19. The molecule has 0 aromatic heterocycles. The number of rotatable bonds is 2. The van der Waals surface area contributed by atoms with E-state index in [9.17, 15) is 0 Å². The summed E-state index contributed by atoms with van der Waals surface area (Å²) in [5.74, 6) is 0. The summed E-state index contributed by atoms with van der Waals surface area (Å²) in [6.07, 6.45) is 5.72. The van der Waals surface area contributed by atoms with Crippen molar-refractivity contribution in [2.45, 2.75) is 50.3 Å². The summed E-state index contributed by atoms with van der Waals surface area (Å²) in [6, 6.07) is 1.28. The van der Waals surface area contributed by atoms with Gasteiger partial charge in [-0.15, -0.1) is 0 Å². The van der Waals surface area contributed by atoms with Gasteiger partial charge in [-0.25, -0.2) is 0 Å². The minimum absolute atomic E-state index is 0.0265. The van der Waals surface area contributed by atoms with Crippen LogP contribution in [0.3, 0.4) is 0 Å². The van der Waals surface area contributed by atoms with Crippen LogP contribution in [0.4, 0.5) is 0 Å². The summed E-state index contributed by atoms with van der Waals surface area (Å²) in [6.45, 7) is 2.32. The number of aliphatic hydroxyl groups is 1. The van der Waals surface area contributed by atoms with E-state index in [0.29, 0.717) is 12.1 Å². The SMILES string of the molecule is OC1CC(NC2CCCNCC2)C1. The zero-order valence-corrected chi connectivity index (χ0v) is 8.13. The maximum absolute atomic E-state index is 9.15. The molecule has 0 bridgehead atoms. The molecule has 0 spiro atoms. The van der Waals surface area contributed by atoms with E-state index in [1.807, 2.05) is 0 Å². The first-order valence-corrected chi connectivity index (χ1v) is 5.49. The Balaban J connectivity index is 1.67. The van der Waals surface area contributed by atoms with Gasteiger partial charge in [0.05, 0.1) is 6.10 Å². The molecule has 0 aromatic rings. The van der Waals surface area contributed by atoms with E-state index in [2.05, 4.69) is 10.6 Å². The molecule has 0 amide bonds. The molecule has 2 rings (SSSR count). The van der Waals surface area contributed by atoms with Crippen molar-refractivity contribution >= 4 is 0 Å². The second-order valence-corrected chi connectivity index (χ2v) is 4.37. The van der Waals surface area contributed by atoms with Crippen LogP contribution in [0.5, 0.6) is 0 Å². The smallest absolute Gasteiger partial charge is 0.0570 e. The fraction of sp³-hybridized carbons (Fsp3) is 1.00. The Bertz CT molecular complexity index is 149. The first-order chi connectivity index (χ1) is 6.34. The summed E-state index contributed by atoms with van der Waals surface area (Å²) >= 11 is 0. The summed E-state index contributed by atoms with van der Waals surface area (Å²) < 4.78 is 0. The molecule has 2 aliphatic rings. The first kappa shape index (κ1) is 9.44. The van der Waals surface area contributed by atoms with Gasteiger partial charge in [0.2, 0.25) is 0 Å². The van der Waals surface area contributed by atoms with Crippen LogP contribution in [0.2, 0.25) is 0 Å². The van der Waals surface area contributed by atoms with Gasteiger partial charge in [-0.3, -0.25) is 0 Å². The van der Waals surface area contributed by atoms with Crippen LogP contribution in [0.25, 0.3) is 0 Å². The molecule has 3 heteroatoms. The zero-order valence-electron chi connectivity index (χ0n) is 8.13. The molecule has 1 aliphatic heterocycles. The second kappa shape index (κ2) is 4.40. The molecule has 3 N–H and O–H groups in total. The van der Waals surface area contributed by atoms with Crippen molar-refractivity contribution in [1.29, 1.82) is 0 Å². The molecule has 1 unspecified atom stereocenters. The highest BCUT2D eigenvalue weighted by molar-refractivity contribution is 4.87. The maximum atomic E-state index is 9.15. The second-order valence-electron chi connectivity index (χ2n) is 4.37. The van der Waals surface area contributed by atoms with Gasteiger partial charge >= 0.3 is 0 Å². The highest BCUT2D eigenvalue weighted by Gasteiger charge is 2.28. The summed E-state index contributed by atoms with van der Waals surface area (Å²) in [7, 11) is 0. The largest absolute Gasteiger partial charge is 0.393 e. The van der Waals surface area contributed by atoms with Crippen molar-refractivity contribution in [3.8, 4) is 0 Å². The average Bonchev–Trinajstić information content (AvgIpc) is 2.30. The molecular weight excluding hydrogens is 164 g/mol. The third-order valence-corrected chi connectivity index (χ3v) is 3.16. The van der Waals surface area contributed by atoms with Crippen molar-refractivity contribution in [2.75, 3.05) is 13.1 Å². The van der Waals surface area contributed by atoms with Crippen LogP contribution >= 0.6 is 0 Å². The Morgan fingerprint density at radius 1 is 1.08 bits per heavy atom. The molecule has 0 radical (unpaired) electrons. The van der Waals surface area contributed by atoms with Gasteiger partial charge in [-0.05, 0) is 45.2 Å². The summed E-state index contributed by atoms with van der Waals surface area (Å²) in [5.41, 5.74) is 0. The van der Waals surface area contributed by atoms with E-state index in [-0.39, 0.29) is 6.10 Å². The van der Waals surface area contributed by atoms with Gasteiger partial charge < -0.3 is 15.7 Å². The minimum atomic E-state index is -0.0265. The molecular formula is C10H20N2O. The summed E-state index contributed by atoms with van der Waals surface area (Å²) in [5, 5.41) is 16.2.